The lowest BCUT2D eigenvalue weighted by molar-refractivity contribution is -0.0611. The predicted molar refractivity (Wildman–Crippen MR) is 50.6 cm³/mol. The first-order chi connectivity index (χ1) is 7.95. The quantitative estimate of drug-likeness (QED) is 0.356. The molecule has 90 valence electrons. The number of halogens is 4. The molecule has 0 unspecified atom stereocenters. The first-order valence-corrected chi connectivity index (χ1v) is 4.35. The van der Waals surface area contributed by atoms with Gasteiger partial charge in [0, 0.05) is 5.56 Å². The van der Waals surface area contributed by atoms with Crippen LogP contribution in [0, 0.1) is 17.1 Å². The van der Waals surface area contributed by atoms with E-state index in [0.717, 1.165) is 24.3 Å². The lowest BCUT2D eigenvalue weighted by Gasteiger charge is -2.09. The molecule has 0 bridgehead atoms. The van der Waals surface area contributed by atoms with Crippen LogP contribution < -0.4 is 0 Å². The fourth-order valence-electron chi connectivity index (χ4n) is 1.00. The van der Waals surface area contributed by atoms with Gasteiger partial charge in [-0.2, -0.15) is 18.4 Å². The minimum absolute atomic E-state index is 0.336. The standard InChI is InChI=1S/C10H6F4N2O/c11-8-3-1-7(2-4-8)9(10(12,13)14)16-17-6-5-15/h1-4H,6H2. The molecule has 7 heteroatoms. The molecule has 0 aromatic heterocycles. The van der Waals surface area contributed by atoms with Gasteiger partial charge in [-0.05, 0) is 24.3 Å². The average molecular weight is 246 g/mol. The van der Waals surface area contributed by atoms with E-state index in [9.17, 15) is 17.6 Å². The van der Waals surface area contributed by atoms with Gasteiger partial charge in [-0.15, -0.1) is 0 Å². The molecule has 0 atom stereocenters. The van der Waals surface area contributed by atoms with Crippen molar-refractivity contribution in [2.45, 2.75) is 6.18 Å². The number of benzene rings is 1. The van der Waals surface area contributed by atoms with E-state index in [1.165, 1.54) is 6.07 Å². The van der Waals surface area contributed by atoms with Crippen LogP contribution >= 0.6 is 0 Å². The molecule has 1 aromatic carbocycles. The molecule has 0 aliphatic rings. The molecule has 0 saturated heterocycles. The van der Waals surface area contributed by atoms with E-state index >= 15 is 0 Å². The van der Waals surface area contributed by atoms with E-state index in [1.807, 2.05) is 0 Å². The summed E-state index contributed by atoms with van der Waals surface area (Å²) in [5, 5.41) is 10.9. The Bertz CT molecular complexity index is 445. The Hall–Kier alpha value is -2.10. The number of hydrogen-bond donors (Lipinski definition) is 0. The molecule has 0 spiro atoms. The Labute approximate surface area is 93.9 Å². The zero-order valence-electron chi connectivity index (χ0n) is 8.33. The molecule has 1 rings (SSSR count). The highest BCUT2D eigenvalue weighted by Gasteiger charge is 2.37. The summed E-state index contributed by atoms with van der Waals surface area (Å²) >= 11 is 0. The molecule has 0 aliphatic heterocycles. The maximum Gasteiger partial charge on any atom is 0.437 e. The van der Waals surface area contributed by atoms with Crippen LogP contribution in [0.4, 0.5) is 17.6 Å². The van der Waals surface area contributed by atoms with Crippen LogP contribution in [0.5, 0.6) is 0 Å². The molecular weight excluding hydrogens is 240 g/mol. The number of oxime groups is 1. The fraction of sp³-hybridized carbons (Fsp3) is 0.200. The lowest BCUT2D eigenvalue weighted by Crippen LogP contribution is -2.24. The molecule has 0 aliphatic carbocycles. The Kier molecular flexibility index (Phi) is 4.04. The van der Waals surface area contributed by atoms with Crippen molar-refractivity contribution in [2.24, 2.45) is 5.16 Å². The second kappa shape index (κ2) is 5.30. The average Bonchev–Trinajstić information content (AvgIpc) is 2.25. The van der Waals surface area contributed by atoms with Crippen molar-refractivity contribution in [2.75, 3.05) is 6.61 Å². The highest BCUT2D eigenvalue weighted by molar-refractivity contribution is 6.04. The number of alkyl halides is 3. The van der Waals surface area contributed by atoms with Gasteiger partial charge in [0.25, 0.3) is 0 Å². The SMILES string of the molecule is N#CCON=C(c1ccc(F)cc1)C(F)(F)F. The Morgan fingerprint density at radius 1 is 1.29 bits per heavy atom. The molecule has 0 heterocycles. The van der Waals surface area contributed by atoms with Crippen LogP contribution in [-0.2, 0) is 4.84 Å². The topological polar surface area (TPSA) is 45.4 Å². The Balaban J connectivity index is 3.03. The van der Waals surface area contributed by atoms with Gasteiger partial charge in [-0.3, -0.25) is 0 Å². The summed E-state index contributed by atoms with van der Waals surface area (Å²) in [6.45, 7) is -0.596. The minimum Gasteiger partial charge on any atom is -0.380 e. The van der Waals surface area contributed by atoms with E-state index < -0.39 is 24.3 Å². The summed E-state index contributed by atoms with van der Waals surface area (Å²) in [4.78, 5) is 4.17. The van der Waals surface area contributed by atoms with Gasteiger partial charge in [0.2, 0.25) is 6.61 Å². The molecule has 17 heavy (non-hydrogen) atoms. The van der Waals surface area contributed by atoms with Gasteiger partial charge in [-0.1, -0.05) is 5.16 Å². The Morgan fingerprint density at radius 3 is 2.35 bits per heavy atom. The van der Waals surface area contributed by atoms with Crippen molar-refractivity contribution in [1.82, 2.24) is 0 Å². The van der Waals surface area contributed by atoms with Crippen molar-refractivity contribution in [3.63, 3.8) is 0 Å². The van der Waals surface area contributed by atoms with Crippen molar-refractivity contribution in [3.05, 3.63) is 35.6 Å². The fourth-order valence-corrected chi connectivity index (χ4v) is 1.00. The third kappa shape index (κ3) is 3.75. The summed E-state index contributed by atoms with van der Waals surface area (Å²) in [6, 6.07) is 5.09. The summed E-state index contributed by atoms with van der Waals surface area (Å²) in [6.07, 6.45) is -4.74. The molecule has 0 N–H and O–H groups in total. The van der Waals surface area contributed by atoms with Crippen LogP contribution in [0.1, 0.15) is 5.56 Å². The third-order valence-corrected chi connectivity index (χ3v) is 1.67. The van der Waals surface area contributed by atoms with Gasteiger partial charge < -0.3 is 4.84 Å². The van der Waals surface area contributed by atoms with E-state index in [4.69, 9.17) is 5.26 Å². The molecule has 1 aromatic rings. The molecule has 0 radical (unpaired) electrons. The van der Waals surface area contributed by atoms with Crippen molar-refractivity contribution in [1.29, 1.82) is 5.26 Å². The minimum atomic E-state index is -4.74. The van der Waals surface area contributed by atoms with Crippen molar-refractivity contribution in [3.8, 4) is 6.07 Å². The predicted octanol–water partition coefficient (Wildman–Crippen LogP) is 2.63. The van der Waals surface area contributed by atoms with Gasteiger partial charge in [-0.25, -0.2) is 4.39 Å². The number of nitriles is 1. The van der Waals surface area contributed by atoms with Gasteiger partial charge >= 0.3 is 6.18 Å². The maximum atomic E-state index is 12.6. The number of hydrogen-bond acceptors (Lipinski definition) is 3. The molecular formula is C10H6F4N2O. The third-order valence-electron chi connectivity index (χ3n) is 1.67. The maximum absolute atomic E-state index is 12.6. The van der Waals surface area contributed by atoms with E-state index in [1.54, 1.807) is 0 Å². The van der Waals surface area contributed by atoms with E-state index in [2.05, 4.69) is 9.99 Å². The highest BCUT2D eigenvalue weighted by atomic mass is 19.4. The largest absolute Gasteiger partial charge is 0.437 e. The molecule has 0 amide bonds. The summed E-state index contributed by atoms with van der Waals surface area (Å²) in [7, 11) is 0. The molecule has 0 saturated carbocycles. The normalized spacial score (nSPS) is 12.1. The lowest BCUT2D eigenvalue weighted by atomic mass is 10.1. The highest BCUT2D eigenvalue weighted by Crippen LogP contribution is 2.23. The molecule has 3 nitrogen and oxygen atoms in total. The number of rotatable bonds is 3. The molecule has 0 fully saturated rings. The monoisotopic (exact) mass is 246 g/mol. The first kappa shape index (κ1) is 13.0. The van der Waals surface area contributed by atoms with E-state index in [0.29, 0.717) is 0 Å². The zero-order chi connectivity index (χ0) is 12.9. The van der Waals surface area contributed by atoms with Gasteiger partial charge in [0.1, 0.15) is 11.9 Å². The van der Waals surface area contributed by atoms with Crippen LogP contribution in [0.3, 0.4) is 0 Å². The van der Waals surface area contributed by atoms with Crippen molar-refractivity contribution >= 4 is 5.71 Å². The van der Waals surface area contributed by atoms with Crippen LogP contribution in [0.25, 0.3) is 0 Å². The summed E-state index contributed by atoms with van der Waals surface area (Å²) in [5.74, 6) is -0.659. The van der Waals surface area contributed by atoms with Crippen LogP contribution in [-0.4, -0.2) is 18.5 Å². The van der Waals surface area contributed by atoms with Crippen molar-refractivity contribution < 1.29 is 22.4 Å². The summed E-state index contributed by atoms with van der Waals surface area (Å²) < 4.78 is 50.2. The second-order valence-corrected chi connectivity index (χ2v) is 2.88. The smallest absolute Gasteiger partial charge is 0.380 e. The second-order valence-electron chi connectivity index (χ2n) is 2.88. The van der Waals surface area contributed by atoms with Gasteiger partial charge in [0.15, 0.2) is 5.71 Å². The Morgan fingerprint density at radius 2 is 1.88 bits per heavy atom. The van der Waals surface area contributed by atoms with Crippen LogP contribution in [0.2, 0.25) is 0 Å². The summed E-state index contributed by atoms with van der Waals surface area (Å²) in [5.41, 5.74) is -1.65. The first-order valence-electron chi connectivity index (χ1n) is 4.35. The van der Waals surface area contributed by atoms with E-state index in [-0.39, 0.29) is 5.56 Å². The number of nitrogens with zero attached hydrogens (tertiary/aromatic N) is 2. The van der Waals surface area contributed by atoms with Crippen LogP contribution in [0.15, 0.2) is 29.4 Å². The van der Waals surface area contributed by atoms with Gasteiger partial charge in [0.05, 0.1) is 0 Å². The zero-order valence-corrected chi connectivity index (χ0v) is 8.33.